The fourth-order valence-corrected chi connectivity index (χ4v) is 2.86. The zero-order valence-electron chi connectivity index (χ0n) is 17.3. The molecule has 0 atom stereocenters. The molecule has 1 amide bonds. The molecule has 156 valence electrons. The monoisotopic (exact) mass is 393 g/mol. The van der Waals surface area contributed by atoms with E-state index in [0.717, 1.165) is 18.7 Å². The molecule has 1 saturated heterocycles. The Kier molecular flexibility index (Phi) is 7.62. The van der Waals surface area contributed by atoms with Gasteiger partial charge in [-0.25, -0.2) is 9.18 Å². The lowest BCUT2D eigenvalue weighted by Crippen LogP contribution is -2.53. The number of amides is 1. The molecule has 0 unspecified atom stereocenters. The second-order valence-corrected chi connectivity index (χ2v) is 8.06. The van der Waals surface area contributed by atoms with Gasteiger partial charge in [-0.1, -0.05) is 12.1 Å². The number of piperazine rings is 1. The average molecular weight is 394 g/mol. The van der Waals surface area contributed by atoms with E-state index in [1.165, 1.54) is 12.1 Å². The van der Waals surface area contributed by atoms with Crippen molar-refractivity contribution in [2.75, 3.05) is 46.3 Å². The first-order chi connectivity index (χ1) is 13.1. The fraction of sp³-hybridized carbons (Fsp3) is 0.600. The molecule has 1 aliphatic heterocycles. The van der Waals surface area contributed by atoms with Gasteiger partial charge in [-0.15, -0.1) is 0 Å². The Labute approximate surface area is 166 Å². The molecular formula is C20H32FN5O2. The number of carbonyl (C=O) groups is 1. The smallest absolute Gasteiger partial charge is 0.410 e. The Morgan fingerprint density at radius 1 is 1.18 bits per heavy atom. The molecule has 1 aromatic rings. The van der Waals surface area contributed by atoms with Crippen LogP contribution in [0.15, 0.2) is 29.3 Å². The van der Waals surface area contributed by atoms with Crippen LogP contribution in [0.5, 0.6) is 0 Å². The van der Waals surface area contributed by atoms with Gasteiger partial charge in [0.1, 0.15) is 11.4 Å². The third-order valence-corrected chi connectivity index (χ3v) is 4.38. The zero-order chi connectivity index (χ0) is 20.7. The lowest BCUT2D eigenvalue weighted by molar-refractivity contribution is 0.0186. The molecule has 1 aromatic carbocycles. The number of likely N-dealkylation sites (N-methyl/N-ethyl adjacent to an activating group) is 1. The van der Waals surface area contributed by atoms with E-state index in [9.17, 15) is 9.18 Å². The van der Waals surface area contributed by atoms with E-state index in [1.54, 1.807) is 17.0 Å². The van der Waals surface area contributed by atoms with Crippen LogP contribution in [0.4, 0.5) is 9.18 Å². The highest BCUT2D eigenvalue weighted by Gasteiger charge is 2.26. The Hall–Kier alpha value is -2.35. The molecule has 1 aliphatic rings. The van der Waals surface area contributed by atoms with Crippen LogP contribution in [0.3, 0.4) is 0 Å². The van der Waals surface area contributed by atoms with E-state index in [-0.39, 0.29) is 11.9 Å². The first-order valence-electron chi connectivity index (χ1n) is 9.60. The Bertz CT molecular complexity index is 664. The molecule has 28 heavy (non-hydrogen) atoms. The maximum absolute atomic E-state index is 13.0. The number of benzene rings is 1. The number of nitrogens with two attached hydrogens (primary N) is 1. The van der Waals surface area contributed by atoms with Crippen molar-refractivity contribution in [1.82, 2.24) is 14.7 Å². The summed E-state index contributed by atoms with van der Waals surface area (Å²) in [6, 6.07) is 6.51. The van der Waals surface area contributed by atoms with Crippen molar-refractivity contribution in [2.45, 2.75) is 32.9 Å². The van der Waals surface area contributed by atoms with E-state index in [4.69, 9.17) is 10.5 Å². The summed E-state index contributed by atoms with van der Waals surface area (Å²) in [5.74, 6) is 0.273. The lowest BCUT2D eigenvalue weighted by atomic mass is 10.2. The van der Waals surface area contributed by atoms with Gasteiger partial charge in [0.2, 0.25) is 0 Å². The van der Waals surface area contributed by atoms with Crippen LogP contribution >= 0.6 is 0 Å². The summed E-state index contributed by atoms with van der Waals surface area (Å²) in [4.78, 5) is 22.4. The molecule has 1 heterocycles. The largest absolute Gasteiger partial charge is 0.444 e. The standard InChI is InChI=1S/C20H32FN5O2/c1-20(2,3)28-19(27)26-13-11-25(12-14-26)18(22)23-9-10-24(4)15-16-5-7-17(21)8-6-16/h5-8H,9-15H2,1-4H3,(H2,22,23). The van der Waals surface area contributed by atoms with Crippen molar-refractivity contribution in [3.05, 3.63) is 35.6 Å². The Balaban J connectivity index is 1.72. The fourth-order valence-electron chi connectivity index (χ4n) is 2.86. The maximum atomic E-state index is 13.0. The molecule has 0 radical (unpaired) electrons. The summed E-state index contributed by atoms with van der Waals surface area (Å²) < 4.78 is 18.4. The normalized spacial score (nSPS) is 15.9. The second kappa shape index (κ2) is 9.73. The molecule has 0 spiro atoms. The van der Waals surface area contributed by atoms with Crippen LogP contribution in [0.25, 0.3) is 0 Å². The van der Waals surface area contributed by atoms with Gasteiger partial charge in [0.25, 0.3) is 0 Å². The molecule has 7 nitrogen and oxygen atoms in total. The molecule has 0 saturated carbocycles. The quantitative estimate of drug-likeness (QED) is 0.613. The number of nitrogens with zero attached hydrogens (tertiary/aromatic N) is 4. The van der Waals surface area contributed by atoms with Gasteiger partial charge < -0.3 is 25.2 Å². The SMILES string of the molecule is CN(CCN=C(N)N1CCN(C(=O)OC(C)(C)C)CC1)Cc1ccc(F)cc1. The first kappa shape index (κ1) is 21.9. The van der Waals surface area contributed by atoms with Crippen LogP contribution < -0.4 is 5.73 Å². The Morgan fingerprint density at radius 3 is 2.32 bits per heavy atom. The summed E-state index contributed by atoms with van der Waals surface area (Å²) >= 11 is 0. The molecule has 2 N–H and O–H groups in total. The van der Waals surface area contributed by atoms with Crippen LogP contribution in [-0.2, 0) is 11.3 Å². The summed E-state index contributed by atoms with van der Waals surface area (Å²) in [6.45, 7) is 10.0. The topological polar surface area (TPSA) is 74.4 Å². The van der Waals surface area contributed by atoms with Crippen LogP contribution in [0, 0.1) is 5.82 Å². The summed E-state index contributed by atoms with van der Waals surface area (Å²) in [6.07, 6.45) is -0.287. The van der Waals surface area contributed by atoms with Gasteiger partial charge in [-0.2, -0.15) is 0 Å². The van der Waals surface area contributed by atoms with Crippen molar-refractivity contribution in [2.24, 2.45) is 10.7 Å². The number of rotatable bonds is 5. The average Bonchev–Trinajstić information content (AvgIpc) is 2.62. The zero-order valence-corrected chi connectivity index (χ0v) is 17.3. The molecule has 8 heteroatoms. The van der Waals surface area contributed by atoms with Gasteiger partial charge >= 0.3 is 6.09 Å². The highest BCUT2D eigenvalue weighted by atomic mass is 19.1. The third-order valence-electron chi connectivity index (χ3n) is 4.38. The number of hydrogen-bond donors (Lipinski definition) is 1. The summed E-state index contributed by atoms with van der Waals surface area (Å²) in [5, 5.41) is 0. The van der Waals surface area contributed by atoms with E-state index >= 15 is 0 Å². The number of carbonyl (C=O) groups excluding carboxylic acids is 1. The highest BCUT2D eigenvalue weighted by molar-refractivity contribution is 5.78. The van der Waals surface area contributed by atoms with Gasteiger partial charge in [0.15, 0.2) is 5.96 Å². The minimum Gasteiger partial charge on any atom is -0.444 e. The first-order valence-corrected chi connectivity index (χ1v) is 9.60. The van der Waals surface area contributed by atoms with Gasteiger partial charge in [-0.05, 0) is 45.5 Å². The highest BCUT2D eigenvalue weighted by Crippen LogP contribution is 2.12. The van der Waals surface area contributed by atoms with Crippen LogP contribution in [-0.4, -0.2) is 78.7 Å². The van der Waals surface area contributed by atoms with Crippen LogP contribution in [0.1, 0.15) is 26.3 Å². The molecule has 2 rings (SSSR count). The van der Waals surface area contributed by atoms with Crippen molar-refractivity contribution >= 4 is 12.1 Å². The number of hydrogen-bond acceptors (Lipinski definition) is 4. The second-order valence-electron chi connectivity index (χ2n) is 8.06. The maximum Gasteiger partial charge on any atom is 0.410 e. The number of halogens is 1. The summed E-state index contributed by atoms with van der Waals surface area (Å²) in [7, 11) is 1.99. The number of guanidine groups is 1. The van der Waals surface area contributed by atoms with E-state index in [0.29, 0.717) is 38.7 Å². The lowest BCUT2D eigenvalue weighted by Gasteiger charge is -2.36. The summed E-state index contributed by atoms with van der Waals surface area (Å²) in [5.41, 5.74) is 6.67. The van der Waals surface area contributed by atoms with Crippen molar-refractivity contribution < 1.29 is 13.9 Å². The van der Waals surface area contributed by atoms with E-state index < -0.39 is 5.60 Å². The molecule has 1 fully saturated rings. The predicted molar refractivity (Wildman–Crippen MR) is 109 cm³/mol. The molecular weight excluding hydrogens is 361 g/mol. The van der Waals surface area contributed by atoms with E-state index in [1.807, 2.05) is 32.7 Å². The van der Waals surface area contributed by atoms with Crippen molar-refractivity contribution in [3.8, 4) is 0 Å². The minimum absolute atomic E-state index is 0.226. The number of ether oxygens (including phenoxy) is 1. The van der Waals surface area contributed by atoms with Gasteiger partial charge in [-0.3, -0.25) is 4.99 Å². The molecule has 0 bridgehead atoms. The van der Waals surface area contributed by atoms with E-state index in [2.05, 4.69) is 9.89 Å². The van der Waals surface area contributed by atoms with Crippen molar-refractivity contribution in [1.29, 1.82) is 0 Å². The van der Waals surface area contributed by atoms with Crippen molar-refractivity contribution in [3.63, 3.8) is 0 Å². The molecule has 0 aliphatic carbocycles. The van der Waals surface area contributed by atoms with Crippen LogP contribution in [0.2, 0.25) is 0 Å². The molecule has 0 aromatic heterocycles. The predicted octanol–water partition coefficient (Wildman–Crippen LogP) is 2.12. The third kappa shape index (κ3) is 7.34. The Morgan fingerprint density at radius 2 is 1.75 bits per heavy atom. The number of aliphatic imine (C=N–C) groups is 1. The van der Waals surface area contributed by atoms with Gasteiger partial charge in [0, 0.05) is 39.3 Å². The van der Waals surface area contributed by atoms with Gasteiger partial charge in [0.05, 0.1) is 6.54 Å². The minimum atomic E-state index is -0.491.